The molecule has 0 aliphatic carbocycles. The first-order valence-corrected chi connectivity index (χ1v) is 4.50. The van der Waals surface area contributed by atoms with Gasteiger partial charge in [-0.2, -0.15) is 0 Å². The smallest absolute Gasteiger partial charge is 0.234 e. The Morgan fingerprint density at radius 1 is 1.77 bits per heavy atom. The van der Waals surface area contributed by atoms with Crippen molar-refractivity contribution in [1.82, 2.24) is 4.90 Å². The summed E-state index contributed by atoms with van der Waals surface area (Å²) in [5, 5.41) is 0. The van der Waals surface area contributed by atoms with E-state index in [0.29, 0.717) is 19.7 Å². The highest BCUT2D eigenvalue weighted by Gasteiger charge is 2.25. The average molecular weight is 187 g/mol. The Balaban J connectivity index is 2.46. The second-order valence-electron chi connectivity index (χ2n) is 3.30. The molecule has 76 valence electrons. The lowest BCUT2D eigenvalue weighted by Gasteiger charge is -2.34. The van der Waals surface area contributed by atoms with Gasteiger partial charge in [-0.15, -0.1) is 0 Å². The van der Waals surface area contributed by atoms with Gasteiger partial charge in [-0.25, -0.2) is 0 Å². The molecule has 0 saturated carbocycles. The summed E-state index contributed by atoms with van der Waals surface area (Å²) in [5.74, 6) is -0.294. The third-order valence-electron chi connectivity index (χ3n) is 2.39. The summed E-state index contributed by atoms with van der Waals surface area (Å²) in [6.45, 7) is 4.36. The molecule has 2 atom stereocenters. The first-order chi connectivity index (χ1) is 6.15. The molecule has 1 aliphatic rings. The quantitative estimate of drug-likeness (QED) is 0.564. The van der Waals surface area contributed by atoms with Crippen molar-refractivity contribution in [2.45, 2.75) is 19.1 Å². The number of nitrogens with two attached hydrogens (primary N) is 2. The molecule has 1 aliphatic heterocycles. The Hall–Kier alpha value is -0.650. The molecular formula is C8H17N3O2. The zero-order valence-electron chi connectivity index (χ0n) is 7.90. The maximum absolute atomic E-state index is 10.9. The van der Waals surface area contributed by atoms with Crippen LogP contribution in [0.4, 0.5) is 0 Å². The van der Waals surface area contributed by atoms with E-state index in [2.05, 4.69) is 0 Å². The molecule has 1 rings (SSSR count). The SMILES string of the molecule is CC(C(N)=O)N1CCOC(CN)C1. The number of hydrogen-bond donors (Lipinski definition) is 2. The zero-order valence-corrected chi connectivity index (χ0v) is 7.90. The number of primary amides is 1. The number of morpholine rings is 1. The summed E-state index contributed by atoms with van der Waals surface area (Å²) in [6, 6.07) is -0.224. The zero-order chi connectivity index (χ0) is 9.84. The summed E-state index contributed by atoms with van der Waals surface area (Å²) >= 11 is 0. The third-order valence-corrected chi connectivity index (χ3v) is 2.39. The summed E-state index contributed by atoms with van der Waals surface area (Å²) in [5.41, 5.74) is 10.7. The molecular weight excluding hydrogens is 170 g/mol. The van der Waals surface area contributed by atoms with E-state index in [0.717, 1.165) is 6.54 Å². The summed E-state index contributed by atoms with van der Waals surface area (Å²) in [7, 11) is 0. The molecule has 4 N–H and O–H groups in total. The molecule has 1 saturated heterocycles. The molecule has 2 unspecified atom stereocenters. The van der Waals surface area contributed by atoms with Crippen LogP contribution in [0.5, 0.6) is 0 Å². The molecule has 0 bridgehead atoms. The van der Waals surface area contributed by atoms with E-state index in [9.17, 15) is 4.79 Å². The second kappa shape index (κ2) is 4.55. The number of carbonyl (C=O) groups excluding carboxylic acids is 1. The van der Waals surface area contributed by atoms with E-state index in [-0.39, 0.29) is 18.1 Å². The lowest BCUT2D eigenvalue weighted by atomic mass is 10.2. The predicted molar refractivity (Wildman–Crippen MR) is 49.0 cm³/mol. The highest BCUT2D eigenvalue weighted by atomic mass is 16.5. The first kappa shape index (κ1) is 10.4. The lowest BCUT2D eigenvalue weighted by molar-refractivity contribution is -0.125. The molecule has 0 aromatic carbocycles. The van der Waals surface area contributed by atoms with Gasteiger partial charge in [-0.3, -0.25) is 9.69 Å². The Bertz CT molecular complexity index is 186. The van der Waals surface area contributed by atoms with E-state index in [4.69, 9.17) is 16.2 Å². The van der Waals surface area contributed by atoms with E-state index in [1.165, 1.54) is 0 Å². The van der Waals surface area contributed by atoms with Crippen molar-refractivity contribution < 1.29 is 9.53 Å². The van der Waals surface area contributed by atoms with Gasteiger partial charge in [0.2, 0.25) is 5.91 Å². The molecule has 0 aromatic heterocycles. The number of rotatable bonds is 3. The van der Waals surface area contributed by atoms with Crippen molar-refractivity contribution in [2.24, 2.45) is 11.5 Å². The van der Waals surface area contributed by atoms with Crippen molar-refractivity contribution in [3.63, 3.8) is 0 Å². The normalized spacial score (nSPS) is 27.1. The second-order valence-corrected chi connectivity index (χ2v) is 3.30. The minimum atomic E-state index is -0.294. The van der Waals surface area contributed by atoms with Crippen LogP contribution >= 0.6 is 0 Å². The van der Waals surface area contributed by atoms with Crippen molar-refractivity contribution >= 4 is 5.91 Å². The summed E-state index contributed by atoms with van der Waals surface area (Å²) in [4.78, 5) is 12.9. The van der Waals surface area contributed by atoms with Gasteiger partial charge in [-0.05, 0) is 6.92 Å². The fourth-order valence-electron chi connectivity index (χ4n) is 1.42. The minimum Gasteiger partial charge on any atom is -0.374 e. The number of hydrogen-bond acceptors (Lipinski definition) is 4. The summed E-state index contributed by atoms with van der Waals surface area (Å²) in [6.07, 6.45) is 0.0375. The van der Waals surface area contributed by atoms with Gasteiger partial charge >= 0.3 is 0 Å². The fourth-order valence-corrected chi connectivity index (χ4v) is 1.42. The van der Waals surface area contributed by atoms with E-state index >= 15 is 0 Å². The molecule has 0 spiro atoms. The standard InChI is InChI=1S/C8H17N3O2/c1-6(8(10)12)11-2-3-13-7(4-9)5-11/h6-7H,2-5,9H2,1H3,(H2,10,12). The van der Waals surface area contributed by atoms with Crippen molar-refractivity contribution in [1.29, 1.82) is 0 Å². The highest BCUT2D eigenvalue weighted by Crippen LogP contribution is 2.07. The van der Waals surface area contributed by atoms with Crippen LogP contribution < -0.4 is 11.5 Å². The molecule has 1 amide bonds. The van der Waals surface area contributed by atoms with Gasteiger partial charge in [0.25, 0.3) is 0 Å². The fraction of sp³-hybridized carbons (Fsp3) is 0.875. The molecule has 0 aromatic rings. The minimum absolute atomic E-state index is 0.0375. The number of amides is 1. The van der Waals surface area contributed by atoms with Crippen LogP contribution in [0, 0.1) is 0 Å². The average Bonchev–Trinajstić information content (AvgIpc) is 2.16. The lowest BCUT2D eigenvalue weighted by Crippen LogP contribution is -2.52. The largest absolute Gasteiger partial charge is 0.374 e. The van der Waals surface area contributed by atoms with Gasteiger partial charge in [-0.1, -0.05) is 0 Å². The molecule has 1 heterocycles. The Morgan fingerprint density at radius 2 is 2.46 bits per heavy atom. The van der Waals surface area contributed by atoms with E-state index < -0.39 is 0 Å². The highest BCUT2D eigenvalue weighted by molar-refractivity contribution is 5.79. The van der Waals surface area contributed by atoms with Crippen LogP contribution in [0.2, 0.25) is 0 Å². The molecule has 13 heavy (non-hydrogen) atoms. The van der Waals surface area contributed by atoms with Crippen LogP contribution in [0.15, 0.2) is 0 Å². The van der Waals surface area contributed by atoms with Gasteiger partial charge in [0.1, 0.15) is 0 Å². The van der Waals surface area contributed by atoms with Gasteiger partial charge in [0, 0.05) is 19.6 Å². The topological polar surface area (TPSA) is 81.6 Å². The van der Waals surface area contributed by atoms with Crippen molar-refractivity contribution in [2.75, 3.05) is 26.2 Å². The summed E-state index contributed by atoms with van der Waals surface area (Å²) < 4.78 is 5.37. The third kappa shape index (κ3) is 2.65. The van der Waals surface area contributed by atoms with Crippen LogP contribution in [0.1, 0.15) is 6.92 Å². The van der Waals surface area contributed by atoms with Gasteiger partial charge in [0.15, 0.2) is 0 Å². The molecule has 5 heteroatoms. The monoisotopic (exact) mass is 187 g/mol. The maximum Gasteiger partial charge on any atom is 0.234 e. The first-order valence-electron chi connectivity index (χ1n) is 4.50. The number of carbonyl (C=O) groups is 1. The molecule has 1 fully saturated rings. The van der Waals surface area contributed by atoms with Crippen LogP contribution in [-0.2, 0) is 9.53 Å². The predicted octanol–water partition coefficient (Wildman–Crippen LogP) is -1.48. The van der Waals surface area contributed by atoms with Crippen molar-refractivity contribution in [3.05, 3.63) is 0 Å². The Morgan fingerprint density at radius 3 is 3.00 bits per heavy atom. The van der Waals surface area contributed by atoms with Crippen LogP contribution in [0.3, 0.4) is 0 Å². The van der Waals surface area contributed by atoms with Crippen LogP contribution in [-0.4, -0.2) is 49.2 Å². The molecule has 5 nitrogen and oxygen atoms in total. The van der Waals surface area contributed by atoms with E-state index in [1.54, 1.807) is 6.92 Å². The Kier molecular flexibility index (Phi) is 3.65. The van der Waals surface area contributed by atoms with Gasteiger partial charge in [0.05, 0.1) is 18.8 Å². The van der Waals surface area contributed by atoms with Gasteiger partial charge < -0.3 is 16.2 Å². The Labute approximate surface area is 78.0 Å². The van der Waals surface area contributed by atoms with Crippen LogP contribution in [0.25, 0.3) is 0 Å². The number of ether oxygens (including phenoxy) is 1. The molecule has 0 radical (unpaired) electrons. The maximum atomic E-state index is 10.9. The van der Waals surface area contributed by atoms with Crippen molar-refractivity contribution in [3.8, 4) is 0 Å². The van der Waals surface area contributed by atoms with E-state index in [1.807, 2.05) is 4.90 Å². The number of nitrogens with zero attached hydrogens (tertiary/aromatic N) is 1.